The number of hydrogen-bond donors (Lipinski definition) is 1. The summed E-state index contributed by atoms with van der Waals surface area (Å²) in [5.41, 5.74) is 6.16. The summed E-state index contributed by atoms with van der Waals surface area (Å²) >= 11 is 0. The van der Waals surface area contributed by atoms with Crippen LogP contribution in [0.25, 0.3) is 0 Å². The van der Waals surface area contributed by atoms with Gasteiger partial charge in [-0.05, 0) is 13.0 Å². The van der Waals surface area contributed by atoms with Crippen molar-refractivity contribution in [1.82, 2.24) is 4.98 Å². The van der Waals surface area contributed by atoms with Crippen molar-refractivity contribution in [1.29, 1.82) is 0 Å². The van der Waals surface area contributed by atoms with Gasteiger partial charge in [0.05, 0.1) is 5.56 Å². The van der Waals surface area contributed by atoms with Crippen LogP contribution in [0.1, 0.15) is 29.1 Å². The molecule has 2 N–H and O–H groups in total. The average molecular weight is 210 g/mol. The minimum Gasteiger partial charge on any atom is -0.366 e. The lowest BCUT2D eigenvalue weighted by Gasteiger charge is -2.15. The summed E-state index contributed by atoms with van der Waals surface area (Å²) in [7, 11) is 1.53. The predicted molar refractivity (Wildman–Crippen MR) is 54.1 cm³/mol. The molecule has 0 aliphatic rings. The highest BCUT2D eigenvalue weighted by Gasteiger charge is 2.12. The Hall–Kier alpha value is -1.46. The molecule has 1 rings (SSSR count). The maximum Gasteiger partial charge on any atom is 0.250 e. The van der Waals surface area contributed by atoms with Gasteiger partial charge in [0.2, 0.25) is 5.91 Å². The highest BCUT2D eigenvalue weighted by Crippen LogP contribution is 2.17. The maximum absolute atomic E-state index is 10.9. The summed E-state index contributed by atoms with van der Waals surface area (Å²) < 4.78 is 10.4. The second-order valence-corrected chi connectivity index (χ2v) is 2.89. The van der Waals surface area contributed by atoms with Gasteiger partial charge >= 0.3 is 0 Å². The van der Waals surface area contributed by atoms with E-state index in [2.05, 4.69) is 4.98 Å². The summed E-state index contributed by atoms with van der Waals surface area (Å²) in [6.07, 6.45) is 2.47. The fraction of sp³-hybridized carbons (Fsp3) is 0.400. The van der Waals surface area contributed by atoms with Crippen molar-refractivity contribution in [2.75, 3.05) is 13.7 Å². The van der Waals surface area contributed by atoms with Gasteiger partial charge in [-0.2, -0.15) is 0 Å². The molecule has 1 unspecified atom stereocenters. The SMILES string of the molecule is CCOC(OC)c1cncc(C(N)=O)c1. The van der Waals surface area contributed by atoms with Gasteiger partial charge < -0.3 is 15.2 Å². The molecule has 0 spiro atoms. The Labute approximate surface area is 88.2 Å². The third-order valence-electron chi connectivity index (χ3n) is 1.85. The number of hydrogen-bond acceptors (Lipinski definition) is 4. The molecule has 0 bridgehead atoms. The zero-order valence-corrected chi connectivity index (χ0v) is 8.77. The van der Waals surface area contributed by atoms with Gasteiger partial charge in [-0.1, -0.05) is 0 Å². The number of nitrogens with two attached hydrogens (primary N) is 1. The summed E-state index contributed by atoms with van der Waals surface area (Å²) in [6, 6.07) is 1.61. The average Bonchev–Trinajstić information content (AvgIpc) is 2.26. The molecule has 0 aromatic carbocycles. The Bertz CT molecular complexity index is 341. The smallest absolute Gasteiger partial charge is 0.250 e. The molecule has 0 fully saturated rings. The first kappa shape index (κ1) is 11.6. The van der Waals surface area contributed by atoms with Crippen molar-refractivity contribution in [3.8, 4) is 0 Å². The molecule has 0 aliphatic carbocycles. The quantitative estimate of drug-likeness (QED) is 0.731. The van der Waals surface area contributed by atoms with E-state index in [0.717, 1.165) is 0 Å². The van der Waals surface area contributed by atoms with Gasteiger partial charge in [-0.25, -0.2) is 0 Å². The maximum atomic E-state index is 10.9. The van der Waals surface area contributed by atoms with Gasteiger partial charge in [0.25, 0.3) is 0 Å². The highest BCUT2D eigenvalue weighted by atomic mass is 16.7. The standard InChI is InChI=1S/C10H14N2O3/c1-3-15-10(14-2)8-4-7(9(11)13)5-12-6-8/h4-6,10H,3H2,1-2H3,(H2,11,13). The van der Waals surface area contributed by atoms with E-state index in [0.29, 0.717) is 17.7 Å². The van der Waals surface area contributed by atoms with Crippen LogP contribution in [-0.4, -0.2) is 24.6 Å². The van der Waals surface area contributed by atoms with E-state index in [1.54, 1.807) is 12.3 Å². The van der Waals surface area contributed by atoms with E-state index in [1.807, 2.05) is 6.92 Å². The summed E-state index contributed by atoms with van der Waals surface area (Å²) in [6.45, 7) is 2.37. The molecule has 1 aromatic rings. The summed E-state index contributed by atoms with van der Waals surface area (Å²) in [5, 5.41) is 0. The van der Waals surface area contributed by atoms with Crippen LogP contribution in [0.15, 0.2) is 18.5 Å². The van der Waals surface area contributed by atoms with Crippen LogP contribution in [0.2, 0.25) is 0 Å². The number of aromatic nitrogens is 1. The molecule has 0 saturated heterocycles. The normalized spacial score (nSPS) is 12.4. The number of ether oxygens (including phenoxy) is 2. The first-order valence-corrected chi connectivity index (χ1v) is 4.58. The fourth-order valence-corrected chi connectivity index (χ4v) is 1.17. The van der Waals surface area contributed by atoms with Crippen LogP contribution in [-0.2, 0) is 9.47 Å². The molecule has 5 heteroatoms. The van der Waals surface area contributed by atoms with Crippen LogP contribution < -0.4 is 5.73 Å². The lowest BCUT2D eigenvalue weighted by Crippen LogP contribution is -2.13. The zero-order valence-electron chi connectivity index (χ0n) is 8.77. The van der Waals surface area contributed by atoms with Crippen LogP contribution >= 0.6 is 0 Å². The van der Waals surface area contributed by atoms with E-state index in [9.17, 15) is 4.79 Å². The first-order valence-electron chi connectivity index (χ1n) is 4.58. The molecule has 1 heterocycles. The fourth-order valence-electron chi connectivity index (χ4n) is 1.17. The molecule has 1 aromatic heterocycles. The van der Waals surface area contributed by atoms with Crippen molar-refractivity contribution in [2.45, 2.75) is 13.2 Å². The van der Waals surface area contributed by atoms with E-state index in [-0.39, 0.29) is 0 Å². The largest absolute Gasteiger partial charge is 0.366 e. The molecular formula is C10H14N2O3. The molecule has 1 atom stereocenters. The van der Waals surface area contributed by atoms with Crippen LogP contribution in [0, 0.1) is 0 Å². The minimum absolute atomic E-state index is 0.342. The molecule has 82 valence electrons. The number of amides is 1. The second-order valence-electron chi connectivity index (χ2n) is 2.89. The van der Waals surface area contributed by atoms with Gasteiger partial charge in [-0.15, -0.1) is 0 Å². The number of primary amides is 1. The van der Waals surface area contributed by atoms with E-state index in [1.165, 1.54) is 13.3 Å². The molecule has 0 saturated carbocycles. The van der Waals surface area contributed by atoms with Crippen molar-refractivity contribution in [3.05, 3.63) is 29.6 Å². The van der Waals surface area contributed by atoms with E-state index in [4.69, 9.17) is 15.2 Å². The number of carbonyl (C=O) groups excluding carboxylic acids is 1. The lowest BCUT2D eigenvalue weighted by molar-refractivity contribution is -0.124. The van der Waals surface area contributed by atoms with Crippen LogP contribution in [0.5, 0.6) is 0 Å². The van der Waals surface area contributed by atoms with Crippen molar-refractivity contribution < 1.29 is 14.3 Å². The Morgan fingerprint density at radius 3 is 2.87 bits per heavy atom. The van der Waals surface area contributed by atoms with Gasteiger partial charge in [-0.3, -0.25) is 9.78 Å². The molecule has 1 amide bonds. The molecule has 0 radical (unpaired) electrons. The molecule has 5 nitrogen and oxygen atoms in total. The van der Waals surface area contributed by atoms with Crippen LogP contribution in [0.3, 0.4) is 0 Å². The predicted octanol–water partition coefficient (Wildman–Crippen LogP) is 0.862. The Morgan fingerprint density at radius 1 is 1.60 bits per heavy atom. The van der Waals surface area contributed by atoms with E-state index >= 15 is 0 Å². The Kier molecular flexibility index (Phi) is 4.20. The van der Waals surface area contributed by atoms with E-state index < -0.39 is 12.2 Å². The second kappa shape index (κ2) is 5.43. The minimum atomic E-state index is -0.518. The van der Waals surface area contributed by atoms with Crippen molar-refractivity contribution in [3.63, 3.8) is 0 Å². The number of pyridine rings is 1. The third-order valence-corrected chi connectivity index (χ3v) is 1.85. The van der Waals surface area contributed by atoms with Gasteiger partial charge in [0.15, 0.2) is 6.29 Å². The molecule has 15 heavy (non-hydrogen) atoms. The van der Waals surface area contributed by atoms with Gasteiger partial charge in [0.1, 0.15) is 0 Å². The first-order chi connectivity index (χ1) is 7.19. The lowest BCUT2D eigenvalue weighted by atomic mass is 10.2. The molecule has 0 aliphatic heterocycles. The number of rotatable bonds is 5. The topological polar surface area (TPSA) is 74.4 Å². The van der Waals surface area contributed by atoms with Gasteiger partial charge in [0, 0.05) is 31.7 Å². The molecular weight excluding hydrogens is 196 g/mol. The number of carbonyl (C=O) groups is 1. The van der Waals surface area contributed by atoms with Crippen LogP contribution in [0.4, 0.5) is 0 Å². The monoisotopic (exact) mass is 210 g/mol. The Balaban J connectivity index is 2.92. The number of methoxy groups -OCH3 is 1. The van der Waals surface area contributed by atoms with Crippen molar-refractivity contribution in [2.24, 2.45) is 5.73 Å². The van der Waals surface area contributed by atoms with Crippen molar-refractivity contribution >= 4 is 5.91 Å². The Morgan fingerprint density at radius 2 is 2.33 bits per heavy atom. The number of nitrogens with zero attached hydrogens (tertiary/aromatic N) is 1. The zero-order chi connectivity index (χ0) is 11.3. The summed E-state index contributed by atoms with van der Waals surface area (Å²) in [4.78, 5) is 14.8. The third kappa shape index (κ3) is 3.00. The summed E-state index contributed by atoms with van der Waals surface area (Å²) in [5.74, 6) is -0.518. The highest BCUT2D eigenvalue weighted by molar-refractivity contribution is 5.92.